The van der Waals surface area contributed by atoms with E-state index in [-0.39, 0.29) is 10.8 Å². The van der Waals surface area contributed by atoms with Crippen molar-refractivity contribution in [2.75, 3.05) is 27.2 Å². The first kappa shape index (κ1) is 20.9. The van der Waals surface area contributed by atoms with Crippen molar-refractivity contribution >= 4 is 38.8 Å². The summed E-state index contributed by atoms with van der Waals surface area (Å²) in [5.74, 6) is 0.0434. The molecule has 2 heterocycles. The van der Waals surface area contributed by atoms with Gasteiger partial charge in [0.1, 0.15) is 10.8 Å². The molecule has 1 aromatic heterocycles. The minimum atomic E-state index is -3.57. The van der Waals surface area contributed by atoms with E-state index in [1.807, 2.05) is 35.2 Å². The van der Waals surface area contributed by atoms with E-state index in [0.717, 1.165) is 35.8 Å². The first-order chi connectivity index (χ1) is 14.4. The Morgan fingerprint density at radius 3 is 2.50 bits per heavy atom. The number of nitrogens with zero attached hydrogens (tertiary/aromatic N) is 3. The number of rotatable bonds is 6. The van der Waals surface area contributed by atoms with Gasteiger partial charge in [-0.3, -0.25) is 4.79 Å². The lowest BCUT2D eigenvalue weighted by molar-refractivity contribution is -0.129. The van der Waals surface area contributed by atoms with Crippen molar-refractivity contribution in [1.29, 1.82) is 0 Å². The number of carbonyl (C=O) groups excluding carboxylic acids is 1. The summed E-state index contributed by atoms with van der Waals surface area (Å²) < 4.78 is 31.8. The molecule has 1 aliphatic rings. The first-order valence-corrected chi connectivity index (χ1v) is 12.0. The van der Waals surface area contributed by atoms with Gasteiger partial charge in [0.25, 0.3) is 5.22 Å². The number of likely N-dealkylation sites (tertiary alicyclic amines) is 1. The van der Waals surface area contributed by atoms with Crippen molar-refractivity contribution < 1.29 is 17.6 Å². The number of hydrogen-bond donors (Lipinski definition) is 0. The van der Waals surface area contributed by atoms with Gasteiger partial charge < -0.3 is 9.32 Å². The molecule has 30 heavy (non-hydrogen) atoms. The Labute approximate surface area is 180 Å². The van der Waals surface area contributed by atoms with Crippen LogP contribution in [0.4, 0.5) is 0 Å². The minimum Gasteiger partial charge on any atom is -0.431 e. The number of thioether (sulfide) groups is 1. The van der Waals surface area contributed by atoms with Gasteiger partial charge in [-0.25, -0.2) is 17.7 Å². The maximum absolute atomic E-state index is 13.2. The minimum absolute atomic E-state index is 0.0434. The van der Waals surface area contributed by atoms with Gasteiger partial charge in [-0.1, -0.05) is 30.3 Å². The number of amides is 1. The number of sulfonamides is 1. The van der Waals surface area contributed by atoms with Crippen LogP contribution in [-0.4, -0.2) is 55.7 Å². The van der Waals surface area contributed by atoms with Crippen LogP contribution in [0, 0.1) is 0 Å². The number of carbonyl (C=O) groups is 1. The molecular weight excluding hydrogens is 422 g/mol. The van der Waals surface area contributed by atoms with Crippen molar-refractivity contribution in [3.8, 4) is 0 Å². The zero-order valence-corrected chi connectivity index (χ0v) is 18.4. The lowest BCUT2D eigenvalue weighted by Gasteiger charge is -2.22. The third kappa shape index (κ3) is 4.10. The summed E-state index contributed by atoms with van der Waals surface area (Å²) in [6.45, 7) is 1.53. The molecule has 1 saturated heterocycles. The van der Waals surface area contributed by atoms with Crippen LogP contribution < -0.4 is 0 Å². The third-order valence-electron chi connectivity index (χ3n) is 5.08. The van der Waals surface area contributed by atoms with E-state index in [9.17, 15) is 13.2 Å². The second kappa shape index (κ2) is 8.41. The van der Waals surface area contributed by atoms with Gasteiger partial charge in [-0.05, 0) is 48.4 Å². The number of oxazole rings is 1. The molecule has 4 rings (SSSR count). The summed E-state index contributed by atoms with van der Waals surface area (Å²) in [6, 6.07) is 14.2. The summed E-state index contributed by atoms with van der Waals surface area (Å²) in [4.78, 5) is 19.7. The van der Waals surface area contributed by atoms with Crippen molar-refractivity contribution in [2.45, 2.75) is 28.2 Å². The molecule has 0 spiro atoms. The summed E-state index contributed by atoms with van der Waals surface area (Å²) in [7, 11) is -0.597. The molecule has 0 aliphatic carbocycles. The number of fused-ring (bicyclic) bond motifs is 1. The van der Waals surface area contributed by atoms with Gasteiger partial charge in [-0.15, -0.1) is 0 Å². The largest absolute Gasteiger partial charge is 0.431 e. The van der Waals surface area contributed by atoms with E-state index in [1.165, 1.54) is 38.0 Å². The Balaban J connectivity index is 1.66. The lowest BCUT2D eigenvalue weighted by Crippen LogP contribution is -2.31. The van der Waals surface area contributed by atoms with Crippen molar-refractivity contribution in [2.24, 2.45) is 0 Å². The van der Waals surface area contributed by atoms with Crippen LogP contribution in [0.5, 0.6) is 0 Å². The molecule has 2 aromatic carbocycles. The second-order valence-corrected chi connectivity index (χ2v) is 10.5. The first-order valence-electron chi connectivity index (χ1n) is 9.70. The quantitative estimate of drug-likeness (QED) is 0.540. The molecule has 158 valence electrons. The number of hydrogen-bond acceptors (Lipinski definition) is 6. The molecule has 0 bridgehead atoms. The molecule has 0 radical (unpaired) electrons. The van der Waals surface area contributed by atoms with Crippen molar-refractivity contribution in [3.05, 3.63) is 54.1 Å². The van der Waals surface area contributed by atoms with Gasteiger partial charge in [0.15, 0.2) is 5.58 Å². The Morgan fingerprint density at radius 1 is 1.13 bits per heavy atom. The molecule has 7 nitrogen and oxygen atoms in total. The molecular formula is C21H23N3O4S2. The molecule has 0 saturated carbocycles. The Hall–Kier alpha value is -2.36. The number of aromatic nitrogens is 1. The van der Waals surface area contributed by atoms with E-state index in [1.54, 1.807) is 6.07 Å². The Bertz CT molecular complexity index is 1150. The predicted molar refractivity (Wildman–Crippen MR) is 116 cm³/mol. The highest BCUT2D eigenvalue weighted by atomic mass is 32.2. The fourth-order valence-corrected chi connectivity index (χ4v) is 5.36. The molecule has 0 N–H and O–H groups in total. The van der Waals surface area contributed by atoms with Gasteiger partial charge in [0.2, 0.25) is 15.9 Å². The highest BCUT2D eigenvalue weighted by Gasteiger charge is 2.30. The van der Waals surface area contributed by atoms with Crippen LogP contribution >= 0.6 is 11.8 Å². The Morgan fingerprint density at radius 2 is 1.83 bits per heavy atom. The van der Waals surface area contributed by atoms with Crippen LogP contribution in [0.2, 0.25) is 0 Å². The van der Waals surface area contributed by atoms with Crippen LogP contribution in [0.3, 0.4) is 0 Å². The second-order valence-electron chi connectivity index (χ2n) is 7.34. The van der Waals surface area contributed by atoms with Gasteiger partial charge >= 0.3 is 0 Å². The van der Waals surface area contributed by atoms with E-state index in [0.29, 0.717) is 16.3 Å². The fourth-order valence-electron chi connectivity index (χ4n) is 3.40. The zero-order chi connectivity index (χ0) is 21.3. The molecule has 9 heteroatoms. The van der Waals surface area contributed by atoms with Crippen LogP contribution in [0.15, 0.2) is 63.1 Å². The average Bonchev–Trinajstić information content (AvgIpc) is 3.41. The van der Waals surface area contributed by atoms with Gasteiger partial charge in [0, 0.05) is 27.2 Å². The van der Waals surface area contributed by atoms with E-state index < -0.39 is 15.3 Å². The molecule has 1 fully saturated rings. The summed E-state index contributed by atoms with van der Waals surface area (Å²) >= 11 is 1.25. The SMILES string of the molecule is CN(C)S(=O)(=O)c1ccc2oc(S[C@@H](C(=O)N3CCCC3)c3ccccc3)nc2c1. The summed E-state index contributed by atoms with van der Waals surface area (Å²) in [6.07, 6.45) is 2.04. The van der Waals surface area contributed by atoms with Gasteiger partial charge in [0.05, 0.1) is 4.90 Å². The van der Waals surface area contributed by atoms with Crippen molar-refractivity contribution in [3.63, 3.8) is 0 Å². The molecule has 1 aliphatic heterocycles. The van der Waals surface area contributed by atoms with Crippen molar-refractivity contribution in [1.82, 2.24) is 14.2 Å². The summed E-state index contributed by atoms with van der Waals surface area (Å²) in [5.41, 5.74) is 1.81. The van der Waals surface area contributed by atoms with E-state index >= 15 is 0 Å². The molecule has 1 atom stereocenters. The van der Waals surface area contributed by atoms with Crippen LogP contribution in [0.25, 0.3) is 11.1 Å². The standard InChI is InChI=1S/C21H23N3O4S2/c1-23(2)30(26,27)16-10-11-18-17(14-16)22-21(28-18)29-19(15-8-4-3-5-9-15)20(25)24-12-6-7-13-24/h3-5,8-11,14,19H,6-7,12-13H2,1-2H3/t19-/m1/s1. The van der Waals surface area contributed by atoms with Crippen LogP contribution in [0.1, 0.15) is 23.7 Å². The molecule has 1 amide bonds. The van der Waals surface area contributed by atoms with Crippen LogP contribution in [-0.2, 0) is 14.8 Å². The maximum atomic E-state index is 13.2. The van der Waals surface area contributed by atoms with Gasteiger partial charge in [-0.2, -0.15) is 0 Å². The predicted octanol–water partition coefficient (Wildman–Crippen LogP) is 3.53. The van der Waals surface area contributed by atoms with E-state index in [2.05, 4.69) is 4.98 Å². The lowest BCUT2D eigenvalue weighted by atomic mass is 10.1. The molecule has 3 aromatic rings. The average molecular weight is 446 g/mol. The monoisotopic (exact) mass is 445 g/mol. The fraction of sp³-hybridized carbons (Fsp3) is 0.333. The smallest absolute Gasteiger partial charge is 0.257 e. The number of benzene rings is 2. The topological polar surface area (TPSA) is 83.7 Å². The van der Waals surface area contributed by atoms with E-state index in [4.69, 9.17) is 4.42 Å². The third-order valence-corrected chi connectivity index (χ3v) is 7.98. The zero-order valence-electron chi connectivity index (χ0n) is 16.8. The highest BCUT2D eigenvalue weighted by molar-refractivity contribution is 8.00. The Kier molecular flexibility index (Phi) is 5.86. The maximum Gasteiger partial charge on any atom is 0.257 e. The highest BCUT2D eigenvalue weighted by Crippen LogP contribution is 2.38. The normalized spacial score (nSPS) is 15.8. The molecule has 0 unspecified atom stereocenters. The summed E-state index contributed by atoms with van der Waals surface area (Å²) in [5, 5.41) is -0.131.